The predicted molar refractivity (Wildman–Crippen MR) is 132 cm³/mol. The fourth-order valence-electron chi connectivity index (χ4n) is 3.73. The summed E-state index contributed by atoms with van der Waals surface area (Å²) < 4.78 is 32.7. The van der Waals surface area contributed by atoms with Gasteiger partial charge in [0, 0.05) is 29.6 Å². The molecule has 5 rings (SSSR count). The van der Waals surface area contributed by atoms with E-state index >= 15 is 0 Å². The summed E-state index contributed by atoms with van der Waals surface area (Å²) >= 11 is 1.41. The van der Waals surface area contributed by atoms with Crippen LogP contribution in [0.2, 0.25) is 0 Å². The maximum absolute atomic E-state index is 13.0. The number of morpholine rings is 1. The molecular formula is C24H22N4O3S2. The number of ether oxygens (including phenoxy) is 1. The molecule has 1 aliphatic heterocycles. The van der Waals surface area contributed by atoms with Gasteiger partial charge in [-0.1, -0.05) is 54.6 Å². The number of rotatable bonds is 6. The predicted octanol–water partition coefficient (Wildman–Crippen LogP) is 4.43. The van der Waals surface area contributed by atoms with Crippen LogP contribution in [0, 0.1) is 0 Å². The second-order valence-electron chi connectivity index (χ2n) is 7.52. The number of thiazole rings is 1. The van der Waals surface area contributed by atoms with Gasteiger partial charge >= 0.3 is 0 Å². The highest BCUT2D eigenvalue weighted by atomic mass is 32.2. The second-order valence-corrected chi connectivity index (χ2v) is 10.3. The Bertz CT molecular complexity index is 1400. The zero-order valence-electron chi connectivity index (χ0n) is 17.7. The van der Waals surface area contributed by atoms with Gasteiger partial charge in [-0.15, -0.1) is 11.3 Å². The summed E-state index contributed by atoms with van der Waals surface area (Å²) in [6.07, 6.45) is 1.78. The fraction of sp³-hybridized carbons (Fsp3) is 0.167. The molecule has 2 heterocycles. The molecule has 1 aliphatic rings. The van der Waals surface area contributed by atoms with Gasteiger partial charge in [0.15, 0.2) is 0 Å². The average molecular weight is 479 g/mol. The average Bonchev–Trinajstić information content (AvgIpc) is 3.34. The van der Waals surface area contributed by atoms with Crippen LogP contribution >= 0.6 is 11.3 Å². The molecule has 0 bridgehead atoms. The highest BCUT2D eigenvalue weighted by molar-refractivity contribution is 7.89. The molecule has 33 heavy (non-hydrogen) atoms. The molecule has 0 atom stereocenters. The molecule has 1 N–H and O–H groups in total. The van der Waals surface area contributed by atoms with Crippen molar-refractivity contribution in [3.05, 3.63) is 77.7 Å². The molecule has 1 aromatic heterocycles. The summed E-state index contributed by atoms with van der Waals surface area (Å²) in [4.78, 5) is 4.84. The van der Waals surface area contributed by atoms with Gasteiger partial charge in [0.05, 0.1) is 30.0 Å². The van der Waals surface area contributed by atoms with Crippen LogP contribution in [0.25, 0.3) is 22.0 Å². The van der Waals surface area contributed by atoms with Gasteiger partial charge in [-0.25, -0.2) is 13.4 Å². The normalized spacial score (nSPS) is 15.3. The number of hydrazone groups is 1. The first-order valence-corrected chi connectivity index (χ1v) is 12.8. The van der Waals surface area contributed by atoms with Crippen molar-refractivity contribution < 1.29 is 13.2 Å². The Hall–Kier alpha value is -3.11. The molecule has 1 fully saturated rings. The second kappa shape index (κ2) is 9.40. The molecular weight excluding hydrogens is 456 g/mol. The largest absolute Gasteiger partial charge is 0.379 e. The molecule has 9 heteroatoms. The Balaban J connectivity index is 1.33. The Kier molecular flexibility index (Phi) is 6.19. The van der Waals surface area contributed by atoms with E-state index in [-0.39, 0.29) is 4.90 Å². The van der Waals surface area contributed by atoms with Crippen LogP contribution in [0.15, 0.2) is 82.1 Å². The number of benzene rings is 3. The van der Waals surface area contributed by atoms with E-state index in [9.17, 15) is 8.42 Å². The summed E-state index contributed by atoms with van der Waals surface area (Å²) in [5.41, 5.74) is 5.43. The van der Waals surface area contributed by atoms with Crippen LogP contribution in [-0.2, 0) is 14.8 Å². The standard InChI is InChI=1S/C24H22N4O3S2/c29-33(30,28-11-13-31-14-12-28)21-9-4-7-19(15-21)23-17-32-24(26-23)27-25-16-20-8-3-6-18-5-1-2-10-22(18)20/h1-10,15-17H,11-14H2,(H,26,27)/b25-16-. The number of hydrogen-bond acceptors (Lipinski definition) is 7. The smallest absolute Gasteiger partial charge is 0.243 e. The topological polar surface area (TPSA) is 83.9 Å². The van der Waals surface area contributed by atoms with Crippen molar-refractivity contribution in [3.63, 3.8) is 0 Å². The molecule has 168 valence electrons. The first-order valence-electron chi connectivity index (χ1n) is 10.5. The zero-order chi connectivity index (χ0) is 22.7. The lowest BCUT2D eigenvalue weighted by Crippen LogP contribution is -2.40. The van der Waals surface area contributed by atoms with Crippen molar-refractivity contribution in [2.24, 2.45) is 5.10 Å². The van der Waals surface area contributed by atoms with E-state index in [4.69, 9.17) is 4.74 Å². The number of nitrogens with zero attached hydrogens (tertiary/aromatic N) is 3. The van der Waals surface area contributed by atoms with Gasteiger partial charge in [0.1, 0.15) is 0 Å². The van der Waals surface area contributed by atoms with E-state index < -0.39 is 10.0 Å². The van der Waals surface area contributed by atoms with E-state index in [0.29, 0.717) is 37.1 Å². The lowest BCUT2D eigenvalue weighted by molar-refractivity contribution is 0.0730. The number of fused-ring (bicyclic) bond motifs is 1. The summed E-state index contributed by atoms with van der Waals surface area (Å²) in [5, 5.41) is 9.14. The van der Waals surface area contributed by atoms with E-state index in [2.05, 4.69) is 33.7 Å². The quantitative estimate of drug-likeness (QED) is 0.327. The molecule has 0 radical (unpaired) electrons. The number of sulfonamides is 1. The van der Waals surface area contributed by atoms with E-state index in [1.807, 2.05) is 35.7 Å². The monoisotopic (exact) mass is 478 g/mol. The van der Waals surface area contributed by atoms with Crippen molar-refractivity contribution in [1.82, 2.24) is 9.29 Å². The third-order valence-corrected chi connectivity index (χ3v) is 8.07. The lowest BCUT2D eigenvalue weighted by atomic mass is 10.1. The number of aromatic nitrogens is 1. The number of anilines is 1. The summed E-state index contributed by atoms with van der Waals surface area (Å²) in [7, 11) is -3.56. The molecule has 7 nitrogen and oxygen atoms in total. The zero-order valence-corrected chi connectivity index (χ0v) is 19.3. The van der Waals surface area contributed by atoms with Crippen LogP contribution < -0.4 is 5.43 Å². The summed E-state index contributed by atoms with van der Waals surface area (Å²) in [5.74, 6) is 0. The fourth-order valence-corrected chi connectivity index (χ4v) is 5.85. The van der Waals surface area contributed by atoms with Gasteiger partial charge in [-0.05, 0) is 22.9 Å². The molecule has 0 spiro atoms. The number of nitrogens with one attached hydrogen (secondary N) is 1. The van der Waals surface area contributed by atoms with Gasteiger partial charge in [-0.2, -0.15) is 9.41 Å². The van der Waals surface area contributed by atoms with Crippen LogP contribution in [0.5, 0.6) is 0 Å². The summed E-state index contributed by atoms with van der Waals surface area (Å²) in [6, 6.07) is 21.1. The first-order chi connectivity index (χ1) is 16.1. The van der Waals surface area contributed by atoms with Crippen LogP contribution in [0.3, 0.4) is 0 Å². The van der Waals surface area contributed by atoms with Gasteiger partial charge in [-0.3, -0.25) is 5.43 Å². The SMILES string of the molecule is O=S(=O)(c1cccc(-c2csc(N/N=C\c3cccc4ccccc34)n2)c1)N1CCOCC1. The lowest BCUT2D eigenvalue weighted by Gasteiger charge is -2.26. The summed E-state index contributed by atoms with van der Waals surface area (Å²) in [6.45, 7) is 1.57. The van der Waals surface area contributed by atoms with Crippen LogP contribution in [0.4, 0.5) is 5.13 Å². The van der Waals surface area contributed by atoms with Crippen molar-refractivity contribution in [2.45, 2.75) is 4.90 Å². The molecule has 0 amide bonds. The molecule has 1 saturated heterocycles. The minimum atomic E-state index is -3.56. The minimum Gasteiger partial charge on any atom is -0.379 e. The maximum Gasteiger partial charge on any atom is 0.243 e. The van der Waals surface area contributed by atoms with E-state index in [1.54, 1.807) is 24.4 Å². The minimum absolute atomic E-state index is 0.262. The van der Waals surface area contributed by atoms with Gasteiger partial charge in [0.2, 0.25) is 15.2 Å². The van der Waals surface area contributed by atoms with Crippen LogP contribution in [0.1, 0.15) is 5.56 Å². The van der Waals surface area contributed by atoms with E-state index in [1.165, 1.54) is 15.6 Å². The Morgan fingerprint density at radius 1 is 1.03 bits per heavy atom. The Morgan fingerprint density at radius 2 is 1.82 bits per heavy atom. The highest BCUT2D eigenvalue weighted by Crippen LogP contribution is 2.28. The van der Waals surface area contributed by atoms with Crippen molar-refractivity contribution in [1.29, 1.82) is 0 Å². The van der Waals surface area contributed by atoms with Crippen molar-refractivity contribution in [3.8, 4) is 11.3 Å². The van der Waals surface area contributed by atoms with E-state index in [0.717, 1.165) is 21.9 Å². The Labute approximate surface area is 196 Å². The van der Waals surface area contributed by atoms with Crippen molar-refractivity contribution >= 4 is 43.5 Å². The Morgan fingerprint density at radius 3 is 2.70 bits per heavy atom. The maximum atomic E-state index is 13.0. The third-order valence-electron chi connectivity index (χ3n) is 5.43. The molecule has 4 aromatic rings. The van der Waals surface area contributed by atoms with Gasteiger partial charge in [0.25, 0.3) is 0 Å². The third kappa shape index (κ3) is 4.67. The molecule has 0 unspecified atom stereocenters. The number of hydrogen-bond donors (Lipinski definition) is 1. The molecule has 0 aliphatic carbocycles. The van der Waals surface area contributed by atoms with Gasteiger partial charge < -0.3 is 4.74 Å². The van der Waals surface area contributed by atoms with Crippen LogP contribution in [-0.4, -0.2) is 50.2 Å². The van der Waals surface area contributed by atoms with Crippen molar-refractivity contribution in [2.75, 3.05) is 31.7 Å². The molecule has 0 saturated carbocycles. The highest BCUT2D eigenvalue weighted by Gasteiger charge is 2.26. The first kappa shape index (κ1) is 21.7. The molecule has 3 aromatic carbocycles.